The maximum atomic E-state index is 13.2. The number of primary sulfonamides is 1. The summed E-state index contributed by atoms with van der Waals surface area (Å²) in [4.78, 5) is 12.3. The third-order valence-electron chi connectivity index (χ3n) is 4.30. The topological polar surface area (TPSA) is 98.5 Å². The summed E-state index contributed by atoms with van der Waals surface area (Å²) in [6, 6.07) is 19.2. The Balaban J connectivity index is 1.52. The van der Waals surface area contributed by atoms with Crippen molar-refractivity contribution in [1.82, 2.24) is 0 Å². The van der Waals surface area contributed by atoms with E-state index in [9.17, 15) is 17.6 Å². The molecule has 30 heavy (non-hydrogen) atoms. The molecular weight excluding hydrogens is 407 g/mol. The van der Waals surface area contributed by atoms with Crippen LogP contribution in [0.1, 0.15) is 17.5 Å². The number of carbonyl (C=O) groups is 1. The summed E-state index contributed by atoms with van der Waals surface area (Å²) < 4.78 is 41.3. The van der Waals surface area contributed by atoms with Crippen LogP contribution in [0, 0.1) is 5.82 Å². The third kappa shape index (κ3) is 6.40. The standard InChI is InChI=1S/C22H21FN2O4S/c23-18-4-2-6-20(14-18)29-15-17-3-1-5-19(13-17)25-22(26)12-9-16-7-10-21(11-8-16)30(24,27)28/h1-8,10-11,13-14H,9,12,15H2,(H,25,26)(H2,24,27,28). The van der Waals surface area contributed by atoms with E-state index in [0.29, 0.717) is 17.9 Å². The van der Waals surface area contributed by atoms with Gasteiger partial charge in [0, 0.05) is 18.2 Å². The van der Waals surface area contributed by atoms with E-state index in [1.807, 2.05) is 6.07 Å². The summed E-state index contributed by atoms with van der Waals surface area (Å²) in [5.41, 5.74) is 2.29. The van der Waals surface area contributed by atoms with Crippen LogP contribution < -0.4 is 15.2 Å². The van der Waals surface area contributed by atoms with Crippen molar-refractivity contribution >= 4 is 21.6 Å². The zero-order valence-corrected chi connectivity index (χ0v) is 16.9. The molecule has 0 atom stereocenters. The Morgan fingerprint density at radius 1 is 0.967 bits per heavy atom. The zero-order valence-electron chi connectivity index (χ0n) is 16.0. The largest absolute Gasteiger partial charge is 0.489 e. The lowest BCUT2D eigenvalue weighted by molar-refractivity contribution is -0.116. The highest BCUT2D eigenvalue weighted by Gasteiger charge is 2.08. The average molecular weight is 428 g/mol. The number of benzene rings is 3. The van der Waals surface area contributed by atoms with Crippen LogP contribution in [0.25, 0.3) is 0 Å². The van der Waals surface area contributed by atoms with Gasteiger partial charge in [-0.2, -0.15) is 0 Å². The minimum Gasteiger partial charge on any atom is -0.489 e. The fourth-order valence-electron chi connectivity index (χ4n) is 2.79. The first kappa shape index (κ1) is 21.5. The third-order valence-corrected chi connectivity index (χ3v) is 5.23. The van der Waals surface area contributed by atoms with E-state index in [1.54, 1.807) is 42.5 Å². The number of anilines is 1. The highest BCUT2D eigenvalue weighted by Crippen LogP contribution is 2.17. The number of nitrogens with two attached hydrogens (primary N) is 1. The minimum absolute atomic E-state index is 0.0352. The normalized spacial score (nSPS) is 11.1. The molecule has 3 aromatic carbocycles. The lowest BCUT2D eigenvalue weighted by Gasteiger charge is -2.09. The van der Waals surface area contributed by atoms with Gasteiger partial charge >= 0.3 is 0 Å². The van der Waals surface area contributed by atoms with Crippen molar-refractivity contribution in [3.63, 3.8) is 0 Å². The second kappa shape index (κ2) is 9.51. The Morgan fingerprint density at radius 3 is 2.40 bits per heavy atom. The molecular formula is C22H21FN2O4S. The molecule has 0 bridgehead atoms. The fraction of sp³-hybridized carbons (Fsp3) is 0.136. The lowest BCUT2D eigenvalue weighted by Crippen LogP contribution is -2.13. The molecule has 6 nitrogen and oxygen atoms in total. The van der Waals surface area contributed by atoms with Crippen LogP contribution in [0.4, 0.5) is 10.1 Å². The summed E-state index contributed by atoms with van der Waals surface area (Å²) in [5, 5.41) is 7.90. The molecule has 0 saturated carbocycles. The van der Waals surface area contributed by atoms with E-state index in [1.165, 1.54) is 24.3 Å². The summed E-state index contributed by atoms with van der Waals surface area (Å²) in [6.45, 7) is 0.240. The number of nitrogens with one attached hydrogen (secondary N) is 1. The van der Waals surface area contributed by atoms with Crippen LogP contribution in [-0.4, -0.2) is 14.3 Å². The highest BCUT2D eigenvalue weighted by molar-refractivity contribution is 7.89. The van der Waals surface area contributed by atoms with Gasteiger partial charge in [-0.1, -0.05) is 30.3 Å². The zero-order chi connectivity index (χ0) is 21.6. The molecule has 8 heteroatoms. The highest BCUT2D eigenvalue weighted by atomic mass is 32.2. The Kier molecular flexibility index (Phi) is 6.81. The SMILES string of the molecule is NS(=O)(=O)c1ccc(CCC(=O)Nc2cccc(COc3cccc(F)c3)c2)cc1. The molecule has 0 saturated heterocycles. The molecule has 3 N–H and O–H groups in total. The second-order valence-electron chi connectivity index (χ2n) is 6.68. The fourth-order valence-corrected chi connectivity index (χ4v) is 3.30. The number of carbonyl (C=O) groups excluding carboxylic acids is 1. The summed E-state index contributed by atoms with van der Waals surface area (Å²) in [7, 11) is -3.73. The van der Waals surface area contributed by atoms with Crippen molar-refractivity contribution in [2.75, 3.05) is 5.32 Å². The minimum atomic E-state index is -3.73. The first-order valence-corrected chi connectivity index (χ1v) is 10.7. The molecule has 0 fully saturated rings. The van der Waals surface area contributed by atoms with E-state index in [0.717, 1.165) is 11.1 Å². The Bertz CT molecular complexity index is 1130. The van der Waals surface area contributed by atoms with Gasteiger partial charge in [-0.25, -0.2) is 17.9 Å². The van der Waals surface area contributed by atoms with Crippen LogP contribution in [0.2, 0.25) is 0 Å². The molecule has 0 heterocycles. The average Bonchev–Trinajstić information content (AvgIpc) is 2.71. The number of hydrogen-bond acceptors (Lipinski definition) is 4. The van der Waals surface area contributed by atoms with Crippen molar-refractivity contribution in [2.24, 2.45) is 5.14 Å². The van der Waals surface area contributed by atoms with Crippen molar-refractivity contribution < 1.29 is 22.3 Å². The Morgan fingerprint density at radius 2 is 1.70 bits per heavy atom. The van der Waals surface area contributed by atoms with E-state index >= 15 is 0 Å². The van der Waals surface area contributed by atoms with Gasteiger partial charge in [-0.05, 0) is 53.9 Å². The molecule has 0 aliphatic heterocycles. The van der Waals surface area contributed by atoms with Crippen LogP contribution in [-0.2, 0) is 27.8 Å². The monoisotopic (exact) mass is 428 g/mol. The maximum absolute atomic E-state index is 13.2. The number of hydrogen-bond donors (Lipinski definition) is 2. The second-order valence-corrected chi connectivity index (χ2v) is 8.24. The van der Waals surface area contributed by atoms with Gasteiger partial charge in [0.25, 0.3) is 0 Å². The van der Waals surface area contributed by atoms with Crippen molar-refractivity contribution in [3.05, 3.63) is 89.7 Å². The van der Waals surface area contributed by atoms with Crippen molar-refractivity contribution in [1.29, 1.82) is 0 Å². The van der Waals surface area contributed by atoms with Crippen molar-refractivity contribution in [3.8, 4) is 5.75 Å². The number of aryl methyl sites for hydroxylation is 1. The van der Waals surface area contributed by atoms with Gasteiger partial charge in [-0.15, -0.1) is 0 Å². The van der Waals surface area contributed by atoms with Crippen LogP contribution in [0.5, 0.6) is 5.75 Å². The van der Waals surface area contributed by atoms with E-state index in [2.05, 4.69) is 5.32 Å². The van der Waals surface area contributed by atoms with E-state index in [4.69, 9.17) is 9.88 Å². The summed E-state index contributed by atoms with van der Waals surface area (Å²) >= 11 is 0. The molecule has 3 rings (SSSR count). The molecule has 1 amide bonds. The van der Waals surface area contributed by atoms with Gasteiger partial charge in [0.15, 0.2) is 0 Å². The van der Waals surface area contributed by atoms with Crippen LogP contribution >= 0.6 is 0 Å². The quantitative estimate of drug-likeness (QED) is 0.572. The molecule has 3 aromatic rings. The van der Waals surface area contributed by atoms with E-state index in [-0.39, 0.29) is 29.6 Å². The predicted molar refractivity (Wildman–Crippen MR) is 112 cm³/mol. The summed E-state index contributed by atoms with van der Waals surface area (Å²) in [6.07, 6.45) is 0.692. The number of sulfonamides is 1. The van der Waals surface area contributed by atoms with Gasteiger partial charge in [0.1, 0.15) is 18.2 Å². The summed E-state index contributed by atoms with van der Waals surface area (Å²) in [5.74, 6) is -0.112. The van der Waals surface area contributed by atoms with Gasteiger partial charge < -0.3 is 10.1 Å². The molecule has 156 valence electrons. The lowest BCUT2D eigenvalue weighted by atomic mass is 10.1. The predicted octanol–water partition coefficient (Wildman–Crippen LogP) is 3.62. The number of amides is 1. The molecule has 0 aromatic heterocycles. The molecule has 0 unspecified atom stereocenters. The van der Waals surface area contributed by atoms with Gasteiger partial charge in [-0.3, -0.25) is 4.79 Å². The molecule has 0 spiro atoms. The van der Waals surface area contributed by atoms with Crippen molar-refractivity contribution in [2.45, 2.75) is 24.3 Å². The molecule has 0 radical (unpaired) electrons. The van der Waals surface area contributed by atoms with Gasteiger partial charge in [0.05, 0.1) is 4.90 Å². The number of rotatable bonds is 8. The maximum Gasteiger partial charge on any atom is 0.238 e. The van der Waals surface area contributed by atoms with Crippen LogP contribution in [0.15, 0.2) is 77.7 Å². The number of ether oxygens (including phenoxy) is 1. The molecule has 0 aliphatic carbocycles. The Labute approximate surface area is 174 Å². The van der Waals surface area contributed by atoms with Gasteiger partial charge in [0.2, 0.25) is 15.9 Å². The van der Waals surface area contributed by atoms with E-state index < -0.39 is 10.0 Å². The smallest absolute Gasteiger partial charge is 0.238 e. The van der Waals surface area contributed by atoms with Crippen LogP contribution in [0.3, 0.4) is 0 Å². The first-order valence-electron chi connectivity index (χ1n) is 9.18. The number of halogens is 1. The first-order chi connectivity index (χ1) is 14.3. The Hall–Kier alpha value is -3.23. The molecule has 0 aliphatic rings.